The highest BCUT2D eigenvalue weighted by Crippen LogP contribution is 2.26. The van der Waals surface area contributed by atoms with E-state index in [1.165, 1.54) is 0 Å². The standard InChI is InChI=1S/C7H11N3O/c8-5-10-6(11)7(9)3-1-2-4-7/h1-4,9H2,(H,10,11). The number of rotatable bonds is 1. The van der Waals surface area contributed by atoms with Gasteiger partial charge in [-0.3, -0.25) is 10.1 Å². The summed E-state index contributed by atoms with van der Waals surface area (Å²) in [6.45, 7) is 0. The lowest BCUT2D eigenvalue weighted by Gasteiger charge is -2.19. The molecule has 3 N–H and O–H groups in total. The van der Waals surface area contributed by atoms with Gasteiger partial charge in [-0.25, -0.2) is 0 Å². The molecule has 1 saturated carbocycles. The first-order valence-electron chi connectivity index (χ1n) is 3.67. The maximum atomic E-state index is 11.1. The summed E-state index contributed by atoms with van der Waals surface area (Å²) >= 11 is 0. The minimum absolute atomic E-state index is 0.336. The monoisotopic (exact) mass is 153 g/mol. The maximum Gasteiger partial charge on any atom is 0.253 e. The average Bonchev–Trinajstić information content (AvgIpc) is 2.38. The molecular formula is C7H11N3O. The van der Waals surface area contributed by atoms with E-state index in [2.05, 4.69) is 5.32 Å². The smallest absolute Gasteiger partial charge is 0.253 e. The number of hydrogen-bond acceptors (Lipinski definition) is 3. The fourth-order valence-electron chi connectivity index (χ4n) is 1.41. The Kier molecular flexibility index (Phi) is 2.11. The summed E-state index contributed by atoms with van der Waals surface area (Å²) in [5, 5.41) is 10.2. The first-order chi connectivity index (χ1) is 5.19. The minimum atomic E-state index is -0.768. The molecule has 0 spiro atoms. The van der Waals surface area contributed by atoms with Crippen molar-refractivity contribution in [3.8, 4) is 6.19 Å². The Morgan fingerprint density at radius 1 is 1.55 bits per heavy atom. The Morgan fingerprint density at radius 3 is 2.55 bits per heavy atom. The van der Waals surface area contributed by atoms with Crippen LogP contribution in [0.25, 0.3) is 0 Å². The molecule has 0 aromatic rings. The zero-order valence-electron chi connectivity index (χ0n) is 6.26. The second-order valence-electron chi connectivity index (χ2n) is 2.93. The van der Waals surface area contributed by atoms with Gasteiger partial charge in [0.05, 0.1) is 5.54 Å². The van der Waals surface area contributed by atoms with Crippen LogP contribution >= 0.6 is 0 Å². The fourth-order valence-corrected chi connectivity index (χ4v) is 1.41. The first-order valence-corrected chi connectivity index (χ1v) is 3.67. The summed E-state index contributed by atoms with van der Waals surface area (Å²) in [6, 6.07) is 0. The molecule has 11 heavy (non-hydrogen) atoms. The van der Waals surface area contributed by atoms with E-state index in [1.54, 1.807) is 6.19 Å². The van der Waals surface area contributed by atoms with E-state index in [-0.39, 0.29) is 5.91 Å². The number of amides is 1. The molecule has 0 unspecified atom stereocenters. The quantitative estimate of drug-likeness (QED) is 0.406. The van der Waals surface area contributed by atoms with Crippen LogP contribution in [-0.4, -0.2) is 11.4 Å². The molecule has 0 radical (unpaired) electrons. The van der Waals surface area contributed by atoms with Crippen LogP contribution in [0.5, 0.6) is 0 Å². The van der Waals surface area contributed by atoms with E-state index in [9.17, 15) is 4.79 Å². The molecule has 1 aliphatic rings. The van der Waals surface area contributed by atoms with Crippen molar-refractivity contribution in [1.82, 2.24) is 5.32 Å². The molecule has 0 aliphatic heterocycles. The predicted molar refractivity (Wildman–Crippen MR) is 39.1 cm³/mol. The van der Waals surface area contributed by atoms with Gasteiger partial charge in [0.2, 0.25) is 0 Å². The van der Waals surface area contributed by atoms with Crippen molar-refractivity contribution >= 4 is 5.91 Å². The highest BCUT2D eigenvalue weighted by Gasteiger charge is 2.36. The molecule has 0 aromatic heterocycles. The van der Waals surface area contributed by atoms with Gasteiger partial charge in [-0.05, 0) is 12.8 Å². The summed E-state index contributed by atoms with van der Waals surface area (Å²) in [6.07, 6.45) is 4.94. The van der Waals surface area contributed by atoms with E-state index < -0.39 is 5.54 Å². The van der Waals surface area contributed by atoms with Gasteiger partial charge in [0.1, 0.15) is 0 Å². The van der Waals surface area contributed by atoms with Crippen molar-refractivity contribution in [3.63, 3.8) is 0 Å². The van der Waals surface area contributed by atoms with E-state index >= 15 is 0 Å². The third-order valence-corrected chi connectivity index (χ3v) is 2.12. The average molecular weight is 153 g/mol. The topological polar surface area (TPSA) is 78.9 Å². The van der Waals surface area contributed by atoms with Gasteiger partial charge in [0, 0.05) is 0 Å². The zero-order valence-corrected chi connectivity index (χ0v) is 6.26. The molecule has 0 bridgehead atoms. The molecule has 1 aliphatic carbocycles. The van der Waals surface area contributed by atoms with Crippen molar-refractivity contribution < 1.29 is 4.79 Å². The SMILES string of the molecule is N#CNC(=O)C1(N)CCCC1. The predicted octanol–water partition coefficient (Wildman–Crippen LogP) is -0.145. The number of nitrogens with one attached hydrogen (secondary N) is 1. The molecular weight excluding hydrogens is 142 g/mol. The number of carbonyl (C=O) groups is 1. The van der Waals surface area contributed by atoms with Gasteiger partial charge < -0.3 is 5.73 Å². The van der Waals surface area contributed by atoms with Crippen LogP contribution in [0.3, 0.4) is 0 Å². The summed E-state index contributed by atoms with van der Waals surface area (Å²) < 4.78 is 0. The molecule has 0 heterocycles. The molecule has 0 saturated heterocycles. The molecule has 1 rings (SSSR count). The molecule has 60 valence electrons. The molecule has 0 atom stereocenters. The van der Waals surface area contributed by atoms with Crippen LogP contribution in [0.15, 0.2) is 0 Å². The van der Waals surface area contributed by atoms with Crippen LogP contribution in [0.1, 0.15) is 25.7 Å². The number of hydrogen-bond donors (Lipinski definition) is 2. The van der Waals surface area contributed by atoms with Crippen molar-refractivity contribution in [2.24, 2.45) is 5.73 Å². The van der Waals surface area contributed by atoms with Crippen molar-refractivity contribution in [2.45, 2.75) is 31.2 Å². The second kappa shape index (κ2) is 2.89. The summed E-state index contributed by atoms with van der Waals surface area (Å²) in [5.74, 6) is -0.336. The molecule has 4 nitrogen and oxygen atoms in total. The van der Waals surface area contributed by atoms with Gasteiger partial charge in [0.15, 0.2) is 6.19 Å². The van der Waals surface area contributed by atoms with Crippen LogP contribution in [0.2, 0.25) is 0 Å². The Hall–Kier alpha value is -1.08. The molecule has 1 amide bonds. The normalized spacial score (nSPS) is 20.7. The number of carbonyl (C=O) groups excluding carboxylic acids is 1. The molecule has 4 heteroatoms. The Morgan fingerprint density at radius 2 is 2.09 bits per heavy atom. The van der Waals surface area contributed by atoms with E-state index in [0.29, 0.717) is 12.8 Å². The minimum Gasteiger partial charge on any atom is -0.317 e. The van der Waals surface area contributed by atoms with Crippen LogP contribution < -0.4 is 11.1 Å². The number of nitrogens with two attached hydrogens (primary N) is 1. The van der Waals surface area contributed by atoms with Gasteiger partial charge >= 0.3 is 0 Å². The fraction of sp³-hybridized carbons (Fsp3) is 0.714. The Bertz CT molecular complexity index is 200. The lowest BCUT2D eigenvalue weighted by Crippen LogP contribution is -2.50. The van der Waals surface area contributed by atoms with Crippen LogP contribution in [0, 0.1) is 11.5 Å². The third-order valence-electron chi connectivity index (χ3n) is 2.12. The number of nitrogens with zero attached hydrogens (tertiary/aromatic N) is 1. The highest BCUT2D eigenvalue weighted by atomic mass is 16.2. The summed E-state index contributed by atoms with van der Waals surface area (Å²) in [7, 11) is 0. The van der Waals surface area contributed by atoms with Gasteiger partial charge in [0.25, 0.3) is 5.91 Å². The van der Waals surface area contributed by atoms with Crippen molar-refractivity contribution in [1.29, 1.82) is 5.26 Å². The lowest BCUT2D eigenvalue weighted by atomic mass is 9.98. The van der Waals surface area contributed by atoms with Crippen molar-refractivity contribution in [2.75, 3.05) is 0 Å². The summed E-state index contributed by atoms with van der Waals surface area (Å²) in [4.78, 5) is 11.1. The van der Waals surface area contributed by atoms with Gasteiger partial charge in [-0.15, -0.1) is 0 Å². The van der Waals surface area contributed by atoms with E-state index in [0.717, 1.165) is 12.8 Å². The van der Waals surface area contributed by atoms with E-state index in [1.807, 2.05) is 0 Å². The first kappa shape index (κ1) is 8.02. The molecule has 0 aromatic carbocycles. The zero-order chi connectivity index (χ0) is 8.32. The lowest BCUT2D eigenvalue weighted by molar-refractivity contribution is -0.124. The third kappa shape index (κ3) is 1.49. The van der Waals surface area contributed by atoms with E-state index in [4.69, 9.17) is 11.0 Å². The van der Waals surface area contributed by atoms with Crippen LogP contribution in [-0.2, 0) is 4.79 Å². The number of nitriles is 1. The Labute approximate surface area is 65.4 Å². The largest absolute Gasteiger partial charge is 0.317 e. The maximum absolute atomic E-state index is 11.1. The Balaban J connectivity index is 2.58. The molecule has 1 fully saturated rings. The van der Waals surface area contributed by atoms with Gasteiger partial charge in [-0.2, -0.15) is 5.26 Å². The summed E-state index contributed by atoms with van der Waals surface area (Å²) in [5.41, 5.74) is 4.96. The second-order valence-corrected chi connectivity index (χ2v) is 2.93. The van der Waals surface area contributed by atoms with Crippen molar-refractivity contribution in [3.05, 3.63) is 0 Å². The van der Waals surface area contributed by atoms with Crippen LogP contribution in [0.4, 0.5) is 0 Å². The van der Waals surface area contributed by atoms with Gasteiger partial charge in [-0.1, -0.05) is 12.8 Å². The highest BCUT2D eigenvalue weighted by molar-refractivity contribution is 5.87.